The zero-order chi connectivity index (χ0) is 36.8. The molecule has 266 valence electrons. The second-order valence-corrected chi connectivity index (χ2v) is 16.0. The molecule has 2 spiro atoms. The minimum Gasteiger partial charge on any atom is -0.454 e. The summed E-state index contributed by atoms with van der Waals surface area (Å²) in [6.07, 6.45) is 4.40. The van der Waals surface area contributed by atoms with Gasteiger partial charge in [0.2, 0.25) is 0 Å². The van der Waals surface area contributed by atoms with Crippen LogP contribution in [0.3, 0.4) is 0 Å². The van der Waals surface area contributed by atoms with Gasteiger partial charge in [0.25, 0.3) is 0 Å². The van der Waals surface area contributed by atoms with E-state index in [0.29, 0.717) is 0 Å². The maximum atomic E-state index is 6.74. The van der Waals surface area contributed by atoms with Crippen molar-refractivity contribution in [2.45, 2.75) is 36.5 Å². The first-order chi connectivity index (χ1) is 27.7. The van der Waals surface area contributed by atoms with Crippen molar-refractivity contribution in [1.29, 1.82) is 0 Å². The van der Waals surface area contributed by atoms with Crippen molar-refractivity contribution < 1.29 is 4.42 Å². The molecule has 0 amide bonds. The van der Waals surface area contributed by atoms with Crippen LogP contribution in [0.1, 0.15) is 47.9 Å². The van der Waals surface area contributed by atoms with Crippen molar-refractivity contribution in [2.24, 2.45) is 0 Å². The minimum atomic E-state index is -0.0808. The van der Waals surface area contributed by atoms with E-state index in [1.165, 1.54) is 55.6 Å². The summed E-state index contributed by atoms with van der Waals surface area (Å²) in [5, 5.41) is 2.26. The number of fused-ring (bicyclic) bond motifs is 13. The van der Waals surface area contributed by atoms with Gasteiger partial charge in [0.15, 0.2) is 5.58 Å². The average molecular weight is 718 g/mol. The maximum absolute atomic E-state index is 6.74. The van der Waals surface area contributed by atoms with E-state index in [1.807, 2.05) is 0 Å². The Morgan fingerprint density at radius 1 is 0.375 bits per heavy atom. The largest absolute Gasteiger partial charge is 0.454 e. The first-order valence-electron chi connectivity index (χ1n) is 20.0. The van der Waals surface area contributed by atoms with Crippen LogP contribution >= 0.6 is 0 Å². The standard InChI is InChI=1S/C54H39NO/c1-2-14-36(15-3-1)37-16-12-17-38(34-37)55(50-26-13-22-45-44-21-7-11-27-51(44)56-52(45)50)39-28-29-43-42-20-6-10-25-48(42)54(49(43)35-39)32-30-53(31-33-54)46-23-8-4-18-40(46)41-19-5-9-24-47(41)53/h1-29,34-35H,30-33H2. The van der Waals surface area contributed by atoms with E-state index in [1.54, 1.807) is 0 Å². The van der Waals surface area contributed by atoms with Gasteiger partial charge in [-0.2, -0.15) is 0 Å². The third-order valence-electron chi connectivity index (χ3n) is 13.5. The molecule has 1 fully saturated rings. The lowest BCUT2D eigenvalue weighted by molar-refractivity contribution is 0.265. The van der Waals surface area contributed by atoms with E-state index in [4.69, 9.17) is 4.42 Å². The van der Waals surface area contributed by atoms with Crippen LogP contribution in [-0.2, 0) is 10.8 Å². The Hall–Kier alpha value is -6.64. The first-order valence-corrected chi connectivity index (χ1v) is 20.0. The Morgan fingerprint density at radius 3 is 1.59 bits per heavy atom. The molecule has 3 aliphatic carbocycles. The van der Waals surface area contributed by atoms with E-state index < -0.39 is 0 Å². The fraction of sp³-hybridized carbons (Fsp3) is 0.111. The summed E-state index contributed by atoms with van der Waals surface area (Å²) >= 11 is 0. The molecule has 56 heavy (non-hydrogen) atoms. The predicted molar refractivity (Wildman–Crippen MR) is 231 cm³/mol. The molecule has 0 bridgehead atoms. The van der Waals surface area contributed by atoms with Crippen molar-refractivity contribution in [3.05, 3.63) is 210 Å². The highest BCUT2D eigenvalue weighted by Crippen LogP contribution is 2.64. The van der Waals surface area contributed by atoms with Crippen LogP contribution in [0.5, 0.6) is 0 Å². The highest BCUT2D eigenvalue weighted by molar-refractivity contribution is 6.10. The average Bonchev–Trinajstić information content (AvgIpc) is 3.88. The van der Waals surface area contributed by atoms with Gasteiger partial charge in [0.1, 0.15) is 5.58 Å². The second-order valence-electron chi connectivity index (χ2n) is 16.0. The molecule has 0 atom stereocenters. The minimum absolute atomic E-state index is 0.0363. The van der Waals surface area contributed by atoms with Crippen LogP contribution in [0.4, 0.5) is 17.1 Å². The van der Waals surface area contributed by atoms with Gasteiger partial charge in [-0.05, 0) is 118 Å². The Balaban J connectivity index is 1.04. The van der Waals surface area contributed by atoms with Gasteiger partial charge in [-0.25, -0.2) is 0 Å². The first kappa shape index (κ1) is 31.7. The van der Waals surface area contributed by atoms with Gasteiger partial charge in [0, 0.05) is 33.0 Å². The zero-order valence-electron chi connectivity index (χ0n) is 31.1. The van der Waals surface area contributed by atoms with Crippen molar-refractivity contribution in [3.8, 4) is 33.4 Å². The van der Waals surface area contributed by atoms with Crippen molar-refractivity contribution in [2.75, 3.05) is 4.90 Å². The maximum Gasteiger partial charge on any atom is 0.159 e. The van der Waals surface area contributed by atoms with Crippen LogP contribution in [0.2, 0.25) is 0 Å². The summed E-state index contributed by atoms with van der Waals surface area (Å²) in [7, 11) is 0. The lowest BCUT2D eigenvalue weighted by Gasteiger charge is -2.45. The summed E-state index contributed by atoms with van der Waals surface area (Å²) in [4.78, 5) is 2.43. The van der Waals surface area contributed by atoms with Gasteiger partial charge in [-0.15, -0.1) is 0 Å². The molecule has 12 rings (SSSR count). The van der Waals surface area contributed by atoms with E-state index in [-0.39, 0.29) is 10.8 Å². The molecular weight excluding hydrogens is 679 g/mol. The highest BCUT2D eigenvalue weighted by Gasteiger charge is 2.53. The molecule has 2 heteroatoms. The molecule has 3 aliphatic rings. The molecule has 0 radical (unpaired) electrons. The van der Waals surface area contributed by atoms with E-state index in [9.17, 15) is 0 Å². The molecule has 1 aromatic heterocycles. The van der Waals surface area contributed by atoms with E-state index in [2.05, 4.69) is 193 Å². The van der Waals surface area contributed by atoms with Crippen LogP contribution in [-0.4, -0.2) is 0 Å². The molecule has 0 saturated heterocycles. The molecule has 1 saturated carbocycles. The Morgan fingerprint density at radius 2 is 0.893 bits per heavy atom. The Bertz CT molecular complexity index is 2950. The van der Waals surface area contributed by atoms with Crippen molar-refractivity contribution in [3.63, 3.8) is 0 Å². The molecule has 0 aliphatic heterocycles. The van der Waals surface area contributed by atoms with Gasteiger partial charge in [-0.1, -0.05) is 152 Å². The third kappa shape index (κ3) is 4.38. The highest BCUT2D eigenvalue weighted by atomic mass is 16.3. The second kappa shape index (κ2) is 11.9. The summed E-state index contributed by atoms with van der Waals surface area (Å²) in [5.74, 6) is 0. The normalized spacial score (nSPS) is 15.5. The number of nitrogens with zero attached hydrogens (tertiary/aromatic N) is 1. The Kier molecular flexibility index (Phi) is 6.75. The van der Waals surface area contributed by atoms with Crippen molar-refractivity contribution >= 4 is 39.0 Å². The quantitative estimate of drug-likeness (QED) is 0.180. The third-order valence-corrected chi connectivity index (χ3v) is 13.5. The smallest absolute Gasteiger partial charge is 0.159 e. The number of para-hydroxylation sites is 2. The van der Waals surface area contributed by atoms with E-state index in [0.717, 1.165) is 64.7 Å². The molecule has 8 aromatic carbocycles. The fourth-order valence-electron chi connectivity index (χ4n) is 11.0. The topological polar surface area (TPSA) is 16.4 Å². The monoisotopic (exact) mass is 717 g/mol. The predicted octanol–water partition coefficient (Wildman–Crippen LogP) is 14.5. The molecule has 0 N–H and O–H groups in total. The number of benzene rings is 8. The number of furan rings is 1. The van der Waals surface area contributed by atoms with Gasteiger partial charge < -0.3 is 9.32 Å². The molecule has 9 aromatic rings. The number of hydrogen-bond donors (Lipinski definition) is 0. The van der Waals surface area contributed by atoms with Crippen molar-refractivity contribution in [1.82, 2.24) is 0 Å². The Labute approximate surface area is 327 Å². The van der Waals surface area contributed by atoms with Gasteiger partial charge >= 0.3 is 0 Å². The summed E-state index contributed by atoms with van der Waals surface area (Å²) < 4.78 is 6.74. The molecule has 1 heterocycles. The fourth-order valence-corrected chi connectivity index (χ4v) is 11.0. The lowest BCUT2D eigenvalue weighted by Crippen LogP contribution is -2.39. The van der Waals surface area contributed by atoms with Crippen LogP contribution in [0, 0.1) is 0 Å². The molecule has 0 unspecified atom stereocenters. The molecular formula is C54H39NO. The number of rotatable bonds is 4. The summed E-state index contributed by atoms with van der Waals surface area (Å²) in [5.41, 5.74) is 19.0. The SMILES string of the molecule is c1ccc(-c2cccc(N(c3ccc4c(c3)C3(CCC5(CC3)c3ccccc3-c3ccccc35)c3ccccc3-4)c3cccc4c3oc3ccccc34)c2)cc1. The lowest BCUT2D eigenvalue weighted by atomic mass is 9.57. The zero-order valence-corrected chi connectivity index (χ0v) is 31.1. The van der Waals surface area contributed by atoms with Crippen LogP contribution in [0.25, 0.3) is 55.3 Å². The summed E-state index contributed by atoms with van der Waals surface area (Å²) in [6, 6.07) is 69.5. The summed E-state index contributed by atoms with van der Waals surface area (Å²) in [6.45, 7) is 0. The van der Waals surface area contributed by atoms with Gasteiger partial charge in [-0.3, -0.25) is 0 Å². The van der Waals surface area contributed by atoms with E-state index >= 15 is 0 Å². The van der Waals surface area contributed by atoms with Gasteiger partial charge in [0.05, 0.1) is 5.69 Å². The van der Waals surface area contributed by atoms with Crippen LogP contribution in [0.15, 0.2) is 192 Å². The number of anilines is 3. The molecule has 2 nitrogen and oxygen atoms in total. The van der Waals surface area contributed by atoms with Crippen LogP contribution < -0.4 is 4.90 Å². The number of hydrogen-bond acceptors (Lipinski definition) is 2.